The first-order valence-corrected chi connectivity index (χ1v) is 8.33. The molecule has 5 heteroatoms. The van der Waals surface area contributed by atoms with Crippen molar-refractivity contribution in [2.45, 2.75) is 31.7 Å². The number of carbonyl (C=O) groups is 2. The monoisotopic (exact) mass is 324 g/mol. The summed E-state index contributed by atoms with van der Waals surface area (Å²) in [4.78, 5) is 26.6. The Hall–Kier alpha value is -2.56. The van der Waals surface area contributed by atoms with Gasteiger partial charge >= 0.3 is 6.03 Å². The average molecular weight is 324 g/mol. The number of rotatable bonds is 3. The van der Waals surface area contributed by atoms with E-state index in [2.05, 4.69) is 23.5 Å². The number of nitrogens with zero attached hydrogens (tertiary/aromatic N) is 1. The molecule has 1 aromatic heterocycles. The second-order valence-electron chi connectivity index (χ2n) is 6.83. The van der Waals surface area contributed by atoms with Gasteiger partial charge in [-0.2, -0.15) is 0 Å². The van der Waals surface area contributed by atoms with Gasteiger partial charge < -0.3 is 9.73 Å². The maximum absolute atomic E-state index is 12.8. The topological polar surface area (TPSA) is 62.6 Å². The predicted octanol–water partition coefficient (Wildman–Crippen LogP) is 2.85. The molecule has 1 saturated heterocycles. The lowest BCUT2D eigenvalue weighted by Gasteiger charge is -2.27. The number of hydrogen-bond donors (Lipinski definition) is 1. The molecule has 2 aromatic rings. The van der Waals surface area contributed by atoms with Crippen LogP contribution in [0.5, 0.6) is 0 Å². The molecule has 1 aliphatic carbocycles. The standard InChI is InChI=1S/C19H20N2O3/c1-19(16-7-4-10-24-16)17(22)21(18(23)20-19)12-13-8-9-14-5-2-3-6-15(14)11-13/h2-7,10,13H,8-9,11-12H2,1H3,(H,20,23). The predicted molar refractivity (Wildman–Crippen MR) is 88.3 cm³/mol. The zero-order valence-corrected chi connectivity index (χ0v) is 13.6. The van der Waals surface area contributed by atoms with Crippen LogP contribution < -0.4 is 5.32 Å². The average Bonchev–Trinajstić information content (AvgIpc) is 3.19. The van der Waals surface area contributed by atoms with Crippen LogP contribution in [-0.2, 0) is 23.2 Å². The van der Waals surface area contributed by atoms with Gasteiger partial charge in [0.25, 0.3) is 5.91 Å². The Labute approximate surface area is 140 Å². The van der Waals surface area contributed by atoms with Crippen LogP contribution in [0.1, 0.15) is 30.2 Å². The first-order valence-electron chi connectivity index (χ1n) is 8.33. The lowest BCUT2D eigenvalue weighted by atomic mass is 9.83. The molecule has 2 aliphatic rings. The van der Waals surface area contributed by atoms with Crippen LogP contribution in [0.15, 0.2) is 47.1 Å². The molecule has 2 heterocycles. The first-order chi connectivity index (χ1) is 11.6. The van der Waals surface area contributed by atoms with Crippen molar-refractivity contribution in [3.63, 3.8) is 0 Å². The third-order valence-corrected chi connectivity index (χ3v) is 5.18. The third kappa shape index (κ3) is 2.31. The molecule has 0 spiro atoms. The van der Waals surface area contributed by atoms with Gasteiger partial charge in [0.1, 0.15) is 5.76 Å². The molecule has 0 bridgehead atoms. The highest BCUT2D eigenvalue weighted by atomic mass is 16.3. The minimum absolute atomic E-state index is 0.235. The SMILES string of the molecule is CC1(c2ccco2)NC(=O)N(CC2CCc3ccccc3C2)C1=O. The number of fused-ring (bicyclic) bond motifs is 1. The fourth-order valence-corrected chi connectivity index (χ4v) is 3.78. The number of amides is 3. The Balaban J connectivity index is 1.52. The number of aryl methyl sites for hydroxylation is 1. The van der Waals surface area contributed by atoms with E-state index in [4.69, 9.17) is 4.42 Å². The van der Waals surface area contributed by atoms with E-state index in [-0.39, 0.29) is 11.9 Å². The van der Waals surface area contributed by atoms with Crippen molar-refractivity contribution >= 4 is 11.9 Å². The molecule has 1 N–H and O–H groups in total. The molecule has 0 saturated carbocycles. The zero-order valence-electron chi connectivity index (χ0n) is 13.6. The molecule has 1 aromatic carbocycles. The number of nitrogens with one attached hydrogen (secondary N) is 1. The Kier molecular flexibility index (Phi) is 3.44. The van der Waals surface area contributed by atoms with Crippen molar-refractivity contribution in [2.24, 2.45) is 5.92 Å². The van der Waals surface area contributed by atoms with Crippen molar-refractivity contribution in [1.82, 2.24) is 10.2 Å². The molecule has 24 heavy (non-hydrogen) atoms. The Morgan fingerprint density at radius 3 is 2.75 bits per heavy atom. The largest absolute Gasteiger partial charge is 0.466 e. The van der Waals surface area contributed by atoms with Gasteiger partial charge in [-0.25, -0.2) is 4.79 Å². The number of hydrogen-bond acceptors (Lipinski definition) is 3. The smallest absolute Gasteiger partial charge is 0.325 e. The Morgan fingerprint density at radius 1 is 1.21 bits per heavy atom. The Morgan fingerprint density at radius 2 is 2.00 bits per heavy atom. The second-order valence-corrected chi connectivity index (χ2v) is 6.83. The van der Waals surface area contributed by atoms with E-state index in [9.17, 15) is 9.59 Å². The molecule has 2 atom stereocenters. The van der Waals surface area contributed by atoms with Gasteiger partial charge in [-0.1, -0.05) is 24.3 Å². The number of carbonyl (C=O) groups excluding carboxylic acids is 2. The number of furan rings is 1. The van der Waals surface area contributed by atoms with E-state index in [1.165, 1.54) is 22.3 Å². The third-order valence-electron chi connectivity index (χ3n) is 5.18. The summed E-state index contributed by atoms with van der Waals surface area (Å²) < 4.78 is 5.36. The van der Waals surface area contributed by atoms with Crippen molar-refractivity contribution in [3.8, 4) is 0 Å². The highest BCUT2D eigenvalue weighted by molar-refractivity contribution is 6.06. The minimum Gasteiger partial charge on any atom is -0.466 e. The molecule has 2 unspecified atom stereocenters. The van der Waals surface area contributed by atoms with Gasteiger partial charge in [-0.15, -0.1) is 0 Å². The molecule has 1 fully saturated rings. The van der Waals surface area contributed by atoms with E-state index in [1.807, 2.05) is 6.07 Å². The van der Waals surface area contributed by atoms with Gasteiger partial charge in [-0.3, -0.25) is 9.69 Å². The second kappa shape index (κ2) is 5.51. The fraction of sp³-hybridized carbons (Fsp3) is 0.368. The lowest BCUT2D eigenvalue weighted by molar-refractivity contribution is -0.132. The van der Waals surface area contributed by atoms with E-state index in [0.717, 1.165) is 19.3 Å². The number of imide groups is 1. The van der Waals surface area contributed by atoms with Gasteiger partial charge in [0.05, 0.1) is 6.26 Å². The fourth-order valence-electron chi connectivity index (χ4n) is 3.78. The van der Waals surface area contributed by atoms with Crippen LogP contribution in [0.2, 0.25) is 0 Å². The summed E-state index contributed by atoms with van der Waals surface area (Å²) in [6.07, 6.45) is 4.41. The molecular weight excluding hydrogens is 304 g/mol. The van der Waals surface area contributed by atoms with E-state index < -0.39 is 5.54 Å². The van der Waals surface area contributed by atoms with Gasteiger partial charge in [0.15, 0.2) is 5.54 Å². The molecule has 4 rings (SSSR count). The number of benzene rings is 1. The van der Waals surface area contributed by atoms with Crippen molar-refractivity contribution in [3.05, 3.63) is 59.5 Å². The normalized spacial score (nSPS) is 26.4. The van der Waals surface area contributed by atoms with E-state index >= 15 is 0 Å². The molecular formula is C19H20N2O3. The highest BCUT2D eigenvalue weighted by Crippen LogP contribution is 2.32. The maximum atomic E-state index is 12.8. The zero-order chi connectivity index (χ0) is 16.7. The number of urea groups is 1. The van der Waals surface area contributed by atoms with Gasteiger partial charge in [-0.05, 0) is 55.4 Å². The summed E-state index contributed by atoms with van der Waals surface area (Å²) in [6, 6.07) is 11.5. The van der Waals surface area contributed by atoms with Crippen LogP contribution in [-0.4, -0.2) is 23.4 Å². The lowest BCUT2D eigenvalue weighted by Crippen LogP contribution is -2.41. The van der Waals surface area contributed by atoms with Gasteiger partial charge in [0, 0.05) is 6.54 Å². The minimum atomic E-state index is -1.10. The highest BCUT2D eigenvalue weighted by Gasteiger charge is 2.51. The summed E-state index contributed by atoms with van der Waals surface area (Å²) in [6.45, 7) is 2.15. The summed E-state index contributed by atoms with van der Waals surface area (Å²) in [7, 11) is 0. The van der Waals surface area contributed by atoms with Crippen LogP contribution >= 0.6 is 0 Å². The van der Waals surface area contributed by atoms with E-state index in [1.54, 1.807) is 19.1 Å². The van der Waals surface area contributed by atoms with Crippen LogP contribution in [0.3, 0.4) is 0 Å². The van der Waals surface area contributed by atoms with Crippen molar-refractivity contribution < 1.29 is 14.0 Å². The molecule has 0 radical (unpaired) electrons. The molecule has 5 nitrogen and oxygen atoms in total. The van der Waals surface area contributed by atoms with Gasteiger partial charge in [0.2, 0.25) is 0 Å². The summed E-state index contributed by atoms with van der Waals surface area (Å²) in [5.74, 6) is 0.534. The first kappa shape index (κ1) is 15.0. The quantitative estimate of drug-likeness (QED) is 0.883. The maximum Gasteiger partial charge on any atom is 0.325 e. The van der Waals surface area contributed by atoms with Crippen molar-refractivity contribution in [2.75, 3.05) is 6.54 Å². The van der Waals surface area contributed by atoms with Crippen LogP contribution in [0.4, 0.5) is 4.79 Å². The summed E-state index contributed by atoms with van der Waals surface area (Å²) in [5.41, 5.74) is 1.61. The molecule has 3 amide bonds. The summed E-state index contributed by atoms with van der Waals surface area (Å²) in [5, 5.41) is 2.78. The van der Waals surface area contributed by atoms with Crippen LogP contribution in [0.25, 0.3) is 0 Å². The van der Waals surface area contributed by atoms with Crippen LogP contribution in [0, 0.1) is 5.92 Å². The Bertz CT molecular complexity index is 784. The van der Waals surface area contributed by atoms with Crippen molar-refractivity contribution in [1.29, 1.82) is 0 Å². The molecule has 1 aliphatic heterocycles. The molecule has 124 valence electrons. The summed E-state index contributed by atoms with van der Waals surface area (Å²) >= 11 is 0. The van der Waals surface area contributed by atoms with E-state index in [0.29, 0.717) is 18.2 Å².